The average Bonchev–Trinajstić information content (AvgIpc) is 2.93. The molecule has 2 aliphatic rings. The Kier molecular flexibility index (Phi) is 3.71. The van der Waals surface area contributed by atoms with E-state index in [9.17, 15) is 9.59 Å². The van der Waals surface area contributed by atoms with E-state index >= 15 is 0 Å². The molecule has 5 nitrogen and oxygen atoms in total. The number of aromatic nitrogens is 2. The largest absolute Gasteiger partial charge is 0.465 e. The molecule has 4 rings (SSSR count). The molecule has 0 bridgehead atoms. The first kappa shape index (κ1) is 14.9. The number of imidazole rings is 1. The Morgan fingerprint density at radius 2 is 2.17 bits per heavy atom. The quantitative estimate of drug-likeness (QED) is 0.794. The molecule has 1 aliphatic carbocycles. The lowest BCUT2D eigenvalue weighted by atomic mass is 9.98. The van der Waals surface area contributed by atoms with Gasteiger partial charge in [0, 0.05) is 17.0 Å². The highest BCUT2D eigenvalue weighted by Crippen LogP contribution is 2.34. The first-order valence-corrected chi connectivity index (χ1v) is 9.24. The molecule has 1 atom stereocenters. The van der Waals surface area contributed by atoms with Gasteiger partial charge in [0.25, 0.3) is 0 Å². The van der Waals surface area contributed by atoms with Crippen LogP contribution in [0.1, 0.15) is 54.8 Å². The van der Waals surface area contributed by atoms with Gasteiger partial charge < -0.3 is 9.30 Å². The highest BCUT2D eigenvalue weighted by Gasteiger charge is 2.32. The lowest BCUT2D eigenvalue weighted by molar-refractivity contribution is -0.145. The minimum absolute atomic E-state index is 0.136. The number of nitrogens with zero attached hydrogens (tertiary/aromatic N) is 2. The third-order valence-corrected chi connectivity index (χ3v) is 6.02. The number of carbonyl (C=O) groups excluding carboxylic acids is 1. The van der Waals surface area contributed by atoms with Crippen LogP contribution >= 0.6 is 11.3 Å². The number of rotatable bonds is 2. The fraction of sp³-hybridized carbons (Fsp3) is 0.588. The Hall–Kier alpha value is -1.69. The zero-order valence-electron chi connectivity index (χ0n) is 13.3. The molecule has 2 aromatic heterocycles. The summed E-state index contributed by atoms with van der Waals surface area (Å²) in [5, 5.41) is 0. The second-order valence-electron chi connectivity index (χ2n) is 6.26. The van der Waals surface area contributed by atoms with Crippen LogP contribution in [0.3, 0.4) is 0 Å². The molecule has 0 N–H and O–H groups in total. The van der Waals surface area contributed by atoms with Crippen molar-refractivity contribution in [2.24, 2.45) is 0 Å². The molecule has 6 heteroatoms. The van der Waals surface area contributed by atoms with Gasteiger partial charge >= 0.3 is 5.97 Å². The van der Waals surface area contributed by atoms with E-state index in [1.165, 1.54) is 4.88 Å². The van der Waals surface area contributed by atoms with Crippen LogP contribution in [0.25, 0.3) is 10.3 Å². The minimum atomic E-state index is -0.334. The van der Waals surface area contributed by atoms with Crippen molar-refractivity contribution in [2.45, 2.75) is 57.9 Å². The fourth-order valence-corrected chi connectivity index (χ4v) is 5.01. The van der Waals surface area contributed by atoms with Gasteiger partial charge in [0.05, 0.1) is 6.61 Å². The predicted octanol–water partition coefficient (Wildman–Crippen LogP) is 2.78. The zero-order chi connectivity index (χ0) is 16.0. The third-order valence-electron chi connectivity index (χ3n) is 4.85. The summed E-state index contributed by atoms with van der Waals surface area (Å²) in [5.41, 5.74) is 1.83. The second-order valence-corrected chi connectivity index (χ2v) is 7.35. The van der Waals surface area contributed by atoms with Gasteiger partial charge in [-0.25, -0.2) is 4.98 Å². The number of fused-ring (bicyclic) bond motifs is 4. The summed E-state index contributed by atoms with van der Waals surface area (Å²) >= 11 is 1.64. The van der Waals surface area contributed by atoms with E-state index in [0.717, 1.165) is 61.3 Å². The molecule has 0 radical (unpaired) electrons. The SMILES string of the molecule is CCOC(=O)C1CCCn2c1nc1sc3c(c(=O)c12)CCCC3. The van der Waals surface area contributed by atoms with Gasteiger partial charge in [-0.3, -0.25) is 9.59 Å². The number of hydrogen-bond donors (Lipinski definition) is 0. The molecule has 0 saturated carbocycles. The van der Waals surface area contributed by atoms with E-state index in [0.29, 0.717) is 12.1 Å². The van der Waals surface area contributed by atoms with Crippen LogP contribution < -0.4 is 5.43 Å². The van der Waals surface area contributed by atoms with Crippen molar-refractivity contribution in [1.29, 1.82) is 0 Å². The topological polar surface area (TPSA) is 61.2 Å². The summed E-state index contributed by atoms with van der Waals surface area (Å²) in [6.45, 7) is 2.96. The highest BCUT2D eigenvalue weighted by molar-refractivity contribution is 7.18. The van der Waals surface area contributed by atoms with Gasteiger partial charge in [-0.2, -0.15) is 0 Å². The van der Waals surface area contributed by atoms with Crippen molar-refractivity contribution < 1.29 is 9.53 Å². The number of aryl methyl sites for hydroxylation is 2. The van der Waals surface area contributed by atoms with E-state index in [-0.39, 0.29) is 17.3 Å². The number of ether oxygens (including phenoxy) is 1. The predicted molar refractivity (Wildman–Crippen MR) is 89.1 cm³/mol. The average molecular weight is 332 g/mol. The molecule has 1 unspecified atom stereocenters. The molecule has 122 valence electrons. The first-order chi connectivity index (χ1) is 11.2. The maximum Gasteiger partial charge on any atom is 0.316 e. The molecular weight excluding hydrogens is 312 g/mol. The molecule has 0 fully saturated rings. The molecule has 0 spiro atoms. The molecule has 3 heterocycles. The van der Waals surface area contributed by atoms with Crippen molar-refractivity contribution in [3.8, 4) is 0 Å². The zero-order valence-corrected chi connectivity index (χ0v) is 14.1. The van der Waals surface area contributed by atoms with Crippen molar-refractivity contribution in [2.75, 3.05) is 6.61 Å². The molecule has 0 saturated heterocycles. The van der Waals surface area contributed by atoms with E-state index in [4.69, 9.17) is 4.74 Å². The standard InChI is InChI=1S/C17H20N2O3S/c1-2-22-17(21)11-7-5-9-19-13-14(20)10-6-3-4-8-12(10)23-16(13)18-15(11)19/h11H,2-9H2,1H3. The van der Waals surface area contributed by atoms with Crippen molar-refractivity contribution in [1.82, 2.24) is 9.55 Å². The van der Waals surface area contributed by atoms with E-state index < -0.39 is 0 Å². The van der Waals surface area contributed by atoms with Gasteiger partial charge in [-0.1, -0.05) is 0 Å². The number of hydrogen-bond acceptors (Lipinski definition) is 5. The van der Waals surface area contributed by atoms with Gasteiger partial charge in [0.1, 0.15) is 22.1 Å². The maximum atomic E-state index is 12.9. The highest BCUT2D eigenvalue weighted by atomic mass is 32.1. The number of carbonyl (C=O) groups is 1. The van der Waals surface area contributed by atoms with Crippen LogP contribution in [0, 0.1) is 0 Å². The summed E-state index contributed by atoms with van der Waals surface area (Å²) in [7, 11) is 0. The molecule has 2 aromatic rings. The molecule has 1 aliphatic heterocycles. The molecule has 23 heavy (non-hydrogen) atoms. The Balaban J connectivity index is 1.90. The van der Waals surface area contributed by atoms with E-state index in [2.05, 4.69) is 4.98 Å². The van der Waals surface area contributed by atoms with Gasteiger partial charge in [0.15, 0.2) is 0 Å². The summed E-state index contributed by atoms with van der Waals surface area (Å²) in [6, 6.07) is 0. The van der Waals surface area contributed by atoms with Crippen LogP contribution in [0.4, 0.5) is 0 Å². The maximum absolute atomic E-state index is 12.9. The molecular formula is C17H20N2O3S. The summed E-state index contributed by atoms with van der Waals surface area (Å²) < 4.78 is 7.18. The third kappa shape index (κ3) is 2.31. The van der Waals surface area contributed by atoms with Crippen LogP contribution in [0.2, 0.25) is 0 Å². The van der Waals surface area contributed by atoms with Crippen molar-refractivity contribution in [3.05, 3.63) is 26.5 Å². The van der Waals surface area contributed by atoms with E-state index in [1.54, 1.807) is 11.3 Å². The van der Waals surface area contributed by atoms with Crippen LogP contribution in [-0.2, 0) is 28.9 Å². The lowest BCUT2D eigenvalue weighted by Crippen LogP contribution is -2.26. The van der Waals surface area contributed by atoms with Crippen molar-refractivity contribution in [3.63, 3.8) is 0 Å². The van der Waals surface area contributed by atoms with Crippen LogP contribution in [0.5, 0.6) is 0 Å². The van der Waals surface area contributed by atoms with Gasteiger partial charge in [-0.15, -0.1) is 11.3 Å². The second kappa shape index (κ2) is 5.74. The van der Waals surface area contributed by atoms with Gasteiger partial charge in [-0.05, 0) is 45.4 Å². The normalized spacial score (nSPS) is 20.1. The van der Waals surface area contributed by atoms with Crippen molar-refractivity contribution >= 4 is 27.7 Å². The first-order valence-electron chi connectivity index (χ1n) is 8.42. The van der Waals surface area contributed by atoms with E-state index in [1.807, 2.05) is 11.5 Å². The Morgan fingerprint density at radius 3 is 3.00 bits per heavy atom. The monoisotopic (exact) mass is 332 g/mol. The molecule has 0 aromatic carbocycles. The smallest absolute Gasteiger partial charge is 0.316 e. The minimum Gasteiger partial charge on any atom is -0.465 e. The Labute approximate surface area is 138 Å². The fourth-order valence-electron chi connectivity index (χ4n) is 3.77. The van der Waals surface area contributed by atoms with Crippen LogP contribution in [-0.4, -0.2) is 22.1 Å². The summed E-state index contributed by atoms with van der Waals surface area (Å²) in [5.74, 6) is 0.172. The summed E-state index contributed by atoms with van der Waals surface area (Å²) in [6.07, 6.45) is 5.72. The van der Waals surface area contributed by atoms with Gasteiger partial charge in [0.2, 0.25) is 5.43 Å². The molecule has 0 amide bonds. The lowest BCUT2D eigenvalue weighted by Gasteiger charge is -2.22. The van der Waals surface area contributed by atoms with Crippen LogP contribution in [0.15, 0.2) is 4.79 Å². The Bertz CT molecular complexity index is 836. The Morgan fingerprint density at radius 1 is 1.35 bits per heavy atom. The summed E-state index contributed by atoms with van der Waals surface area (Å²) in [4.78, 5) is 31.8. The number of esters is 1.